The van der Waals surface area contributed by atoms with E-state index in [4.69, 9.17) is 0 Å². The zero-order valence-electron chi connectivity index (χ0n) is 13.0. The number of amides is 2. The van der Waals surface area contributed by atoms with Gasteiger partial charge in [-0.2, -0.15) is 10.1 Å². The van der Waals surface area contributed by atoms with Crippen LogP contribution in [0, 0.1) is 11.8 Å². The Morgan fingerprint density at radius 1 is 1.05 bits per heavy atom. The highest BCUT2D eigenvalue weighted by Gasteiger charge is 2.48. The second kappa shape index (κ2) is 5.91. The first-order valence-electron chi connectivity index (χ1n) is 7.77. The molecule has 0 bridgehead atoms. The van der Waals surface area contributed by atoms with E-state index in [2.05, 4.69) is 5.10 Å². The van der Waals surface area contributed by atoms with Gasteiger partial charge in [0, 0.05) is 19.8 Å². The van der Waals surface area contributed by atoms with E-state index in [-0.39, 0.29) is 23.7 Å². The molecule has 2 unspecified atom stereocenters. The highest BCUT2D eigenvalue weighted by molar-refractivity contribution is 6.05. The van der Waals surface area contributed by atoms with Crippen molar-refractivity contribution in [3.63, 3.8) is 0 Å². The van der Waals surface area contributed by atoms with Crippen molar-refractivity contribution < 1.29 is 9.59 Å². The molecule has 0 radical (unpaired) electrons. The molecule has 5 nitrogen and oxygen atoms in total. The van der Waals surface area contributed by atoms with Gasteiger partial charge in [0.05, 0.1) is 18.1 Å². The second-order valence-electron chi connectivity index (χ2n) is 6.22. The van der Waals surface area contributed by atoms with Crippen LogP contribution in [0.1, 0.15) is 31.2 Å². The first-order chi connectivity index (χ1) is 10.6. The Kier molecular flexibility index (Phi) is 3.96. The van der Waals surface area contributed by atoms with Gasteiger partial charge in [0.2, 0.25) is 0 Å². The summed E-state index contributed by atoms with van der Waals surface area (Å²) in [6.45, 7) is 0. The number of carbonyl (C=O) groups is 2. The van der Waals surface area contributed by atoms with Gasteiger partial charge in [0.15, 0.2) is 0 Å². The fourth-order valence-electron chi connectivity index (χ4n) is 3.24. The zero-order chi connectivity index (χ0) is 15.7. The first kappa shape index (κ1) is 14.8. The molecule has 22 heavy (non-hydrogen) atoms. The molecular weight excluding hydrogens is 278 g/mol. The Balaban J connectivity index is 1.74. The predicted molar refractivity (Wildman–Crippen MR) is 85.7 cm³/mol. The zero-order valence-corrected chi connectivity index (χ0v) is 13.0. The topological polar surface area (TPSA) is 53.0 Å². The lowest BCUT2D eigenvalue weighted by molar-refractivity contribution is -0.139. The van der Waals surface area contributed by atoms with Crippen LogP contribution in [0.2, 0.25) is 0 Å². The van der Waals surface area contributed by atoms with E-state index >= 15 is 0 Å². The van der Waals surface area contributed by atoms with Gasteiger partial charge in [-0.05, 0) is 30.5 Å². The smallest absolute Gasteiger partial charge is 0.253 e. The number of hydrazone groups is 1. The average Bonchev–Trinajstić information content (AvgIpc) is 2.78. The van der Waals surface area contributed by atoms with E-state index in [0.29, 0.717) is 0 Å². The summed E-state index contributed by atoms with van der Waals surface area (Å²) in [6.07, 6.45) is 5.29. The van der Waals surface area contributed by atoms with Gasteiger partial charge in [0.1, 0.15) is 0 Å². The van der Waals surface area contributed by atoms with E-state index < -0.39 is 0 Å². The monoisotopic (exact) mass is 299 g/mol. The molecule has 1 heterocycles. The Morgan fingerprint density at radius 3 is 2.09 bits per heavy atom. The lowest BCUT2D eigenvalue weighted by atomic mass is 9.81. The van der Waals surface area contributed by atoms with Gasteiger partial charge in [-0.3, -0.25) is 9.59 Å². The standard InChI is InChI=1S/C17H21N3O2/c1-19(2)13-9-7-12(8-10-13)11-18-20-16(21)14-5-3-4-6-15(14)17(20)22/h7-11,14-15H,3-6H2,1-2H3/b18-11+. The summed E-state index contributed by atoms with van der Waals surface area (Å²) >= 11 is 0. The molecule has 116 valence electrons. The number of hydrogen-bond acceptors (Lipinski definition) is 4. The normalized spacial score (nSPS) is 24.9. The average molecular weight is 299 g/mol. The van der Waals surface area contributed by atoms with Gasteiger partial charge in [-0.1, -0.05) is 25.0 Å². The van der Waals surface area contributed by atoms with Crippen molar-refractivity contribution in [2.24, 2.45) is 16.9 Å². The minimum Gasteiger partial charge on any atom is -0.378 e. The van der Waals surface area contributed by atoms with Crippen LogP contribution in [0.25, 0.3) is 0 Å². The quantitative estimate of drug-likeness (QED) is 0.635. The van der Waals surface area contributed by atoms with Gasteiger partial charge < -0.3 is 4.90 Å². The van der Waals surface area contributed by atoms with Crippen LogP contribution in [0.3, 0.4) is 0 Å². The SMILES string of the molecule is CN(C)c1ccc(/C=N/N2C(=O)C3CCCCC3C2=O)cc1. The van der Waals surface area contributed by atoms with Crippen LogP contribution in [0.4, 0.5) is 5.69 Å². The van der Waals surface area contributed by atoms with Gasteiger partial charge >= 0.3 is 0 Å². The summed E-state index contributed by atoms with van der Waals surface area (Å²) in [5.74, 6) is -0.546. The molecule has 1 aromatic rings. The molecule has 2 aliphatic rings. The Bertz CT molecular complexity index is 583. The van der Waals surface area contributed by atoms with E-state index in [9.17, 15) is 9.59 Å². The summed E-state index contributed by atoms with van der Waals surface area (Å²) in [4.78, 5) is 26.6. The summed E-state index contributed by atoms with van der Waals surface area (Å²) in [5.41, 5.74) is 1.97. The molecule has 0 spiro atoms. The fourth-order valence-corrected chi connectivity index (χ4v) is 3.24. The van der Waals surface area contributed by atoms with Crippen LogP contribution in [-0.2, 0) is 9.59 Å². The van der Waals surface area contributed by atoms with Crippen molar-refractivity contribution in [1.82, 2.24) is 5.01 Å². The van der Waals surface area contributed by atoms with Crippen LogP contribution in [0.15, 0.2) is 29.4 Å². The molecular formula is C17H21N3O2. The van der Waals surface area contributed by atoms with Gasteiger partial charge in [-0.15, -0.1) is 0 Å². The Labute approximate surface area is 130 Å². The van der Waals surface area contributed by atoms with Gasteiger partial charge in [0.25, 0.3) is 11.8 Å². The minimum absolute atomic E-state index is 0.129. The summed E-state index contributed by atoms with van der Waals surface area (Å²) in [5, 5.41) is 5.23. The van der Waals surface area contributed by atoms with Crippen LogP contribution in [-0.4, -0.2) is 37.1 Å². The van der Waals surface area contributed by atoms with Crippen LogP contribution >= 0.6 is 0 Å². The van der Waals surface area contributed by atoms with Crippen molar-refractivity contribution in [3.05, 3.63) is 29.8 Å². The number of rotatable bonds is 3. The molecule has 5 heteroatoms. The maximum atomic E-state index is 12.3. The number of anilines is 1. The number of hydrogen-bond donors (Lipinski definition) is 0. The number of carbonyl (C=O) groups excluding carboxylic acids is 2. The predicted octanol–water partition coefficient (Wildman–Crippen LogP) is 2.26. The molecule has 2 amide bonds. The number of imide groups is 1. The third kappa shape index (κ3) is 2.63. The Hall–Kier alpha value is -2.17. The largest absolute Gasteiger partial charge is 0.378 e. The second-order valence-corrected chi connectivity index (χ2v) is 6.22. The van der Waals surface area contributed by atoms with Crippen LogP contribution < -0.4 is 4.90 Å². The third-order valence-electron chi connectivity index (χ3n) is 4.55. The van der Waals surface area contributed by atoms with Gasteiger partial charge in [-0.25, -0.2) is 0 Å². The minimum atomic E-state index is -0.144. The Morgan fingerprint density at radius 2 is 1.59 bits per heavy atom. The number of fused-ring (bicyclic) bond motifs is 1. The summed E-state index contributed by atoms with van der Waals surface area (Å²) in [6, 6.07) is 7.82. The molecule has 2 fully saturated rings. The molecule has 0 aromatic heterocycles. The van der Waals surface area contributed by atoms with Crippen molar-refractivity contribution >= 4 is 23.7 Å². The molecule has 1 aliphatic carbocycles. The lowest BCUT2D eigenvalue weighted by Crippen LogP contribution is -2.25. The maximum Gasteiger partial charge on any atom is 0.253 e. The number of benzene rings is 1. The molecule has 1 aromatic carbocycles. The summed E-state index contributed by atoms with van der Waals surface area (Å²) in [7, 11) is 3.96. The first-order valence-corrected chi connectivity index (χ1v) is 7.77. The van der Waals surface area contributed by atoms with E-state index in [0.717, 1.165) is 41.9 Å². The van der Waals surface area contributed by atoms with Crippen molar-refractivity contribution in [1.29, 1.82) is 0 Å². The molecule has 1 saturated carbocycles. The molecule has 2 atom stereocenters. The van der Waals surface area contributed by atoms with Crippen molar-refractivity contribution in [2.75, 3.05) is 19.0 Å². The molecule has 3 rings (SSSR count). The highest BCUT2D eigenvalue weighted by atomic mass is 16.2. The molecule has 1 saturated heterocycles. The lowest BCUT2D eigenvalue weighted by Gasteiger charge is -2.19. The van der Waals surface area contributed by atoms with Crippen molar-refractivity contribution in [3.8, 4) is 0 Å². The fraction of sp³-hybridized carbons (Fsp3) is 0.471. The van der Waals surface area contributed by atoms with Crippen LogP contribution in [0.5, 0.6) is 0 Å². The maximum absolute atomic E-state index is 12.3. The van der Waals surface area contributed by atoms with Crippen molar-refractivity contribution in [2.45, 2.75) is 25.7 Å². The summed E-state index contributed by atoms with van der Waals surface area (Å²) < 4.78 is 0. The van der Waals surface area contributed by atoms with E-state index in [1.165, 1.54) is 0 Å². The third-order valence-corrected chi connectivity index (χ3v) is 4.55. The highest BCUT2D eigenvalue weighted by Crippen LogP contribution is 2.38. The molecule has 0 N–H and O–H groups in total. The van der Waals surface area contributed by atoms with E-state index in [1.807, 2.05) is 43.3 Å². The van der Waals surface area contributed by atoms with E-state index in [1.54, 1.807) is 6.21 Å². The molecule has 1 aliphatic heterocycles. The number of nitrogens with zero attached hydrogens (tertiary/aromatic N) is 3.